The summed E-state index contributed by atoms with van der Waals surface area (Å²) in [6.45, 7) is 5.64. The van der Waals surface area contributed by atoms with Crippen LogP contribution in [-0.4, -0.2) is 50.2 Å². The molecule has 0 atom stereocenters. The fraction of sp³-hybridized carbons (Fsp3) is 0.650. The van der Waals surface area contributed by atoms with Crippen LogP contribution < -0.4 is 5.32 Å². The molecule has 2 aliphatic heterocycles. The Kier molecular flexibility index (Phi) is 6.27. The first kappa shape index (κ1) is 17.4. The van der Waals surface area contributed by atoms with Gasteiger partial charge in [0.1, 0.15) is 0 Å². The summed E-state index contributed by atoms with van der Waals surface area (Å²) in [5.74, 6) is 0.177. The molecular formula is C20H30N2O2. The zero-order valence-electron chi connectivity index (χ0n) is 14.6. The molecule has 24 heavy (non-hydrogen) atoms. The van der Waals surface area contributed by atoms with Crippen molar-refractivity contribution in [3.8, 4) is 0 Å². The highest BCUT2D eigenvalue weighted by atomic mass is 16.5. The molecule has 3 rings (SSSR count). The van der Waals surface area contributed by atoms with Gasteiger partial charge in [0.05, 0.1) is 5.41 Å². The highest BCUT2D eigenvalue weighted by molar-refractivity contribution is 5.88. The number of carbonyl (C=O) groups is 1. The zero-order valence-corrected chi connectivity index (χ0v) is 14.6. The van der Waals surface area contributed by atoms with E-state index in [4.69, 9.17) is 4.74 Å². The fourth-order valence-corrected chi connectivity index (χ4v) is 3.98. The molecule has 132 valence electrons. The minimum Gasteiger partial charge on any atom is -0.381 e. The quantitative estimate of drug-likeness (QED) is 0.816. The molecule has 1 amide bonds. The van der Waals surface area contributed by atoms with E-state index < -0.39 is 5.41 Å². The molecule has 0 aromatic heterocycles. The third-order valence-electron chi connectivity index (χ3n) is 5.49. The number of rotatable bonds is 6. The number of amides is 1. The van der Waals surface area contributed by atoms with E-state index >= 15 is 0 Å². The minimum absolute atomic E-state index is 0.177. The maximum atomic E-state index is 13.0. The maximum absolute atomic E-state index is 13.0. The Bertz CT molecular complexity index is 506. The summed E-state index contributed by atoms with van der Waals surface area (Å²) in [5, 5.41) is 3.21. The van der Waals surface area contributed by atoms with Crippen LogP contribution >= 0.6 is 0 Å². The van der Waals surface area contributed by atoms with Crippen LogP contribution in [0.25, 0.3) is 0 Å². The number of nitrogens with one attached hydrogen (secondary N) is 1. The van der Waals surface area contributed by atoms with Crippen molar-refractivity contribution < 1.29 is 9.53 Å². The summed E-state index contributed by atoms with van der Waals surface area (Å²) in [5.41, 5.74) is 0.715. The summed E-state index contributed by atoms with van der Waals surface area (Å²) < 4.78 is 5.51. The van der Waals surface area contributed by atoms with Crippen molar-refractivity contribution in [3.63, 3.8) is 0 Å². The topological polar surface area (TPSA) is 41.6 Å². The first-order chi connectivity index (χ1) is 11.8. The Morgan fingerprint density at radius 3 is 2.50 bits per heavy atom. The Labute approximate surface area is 145 Å². The molecule has 0 radical (unpaired) electrons. The van der Waals surface area contributed by atoms with Gasteiger partial charge >= 0.3 is 0 Å². The average molecular weight is 330 g/mol. The molecule has 2 fully saturated rings. The normalized spacial score (nSPS) is 21.3. The molecule has 0 unspecified atom stereocenters. The molecule has 4 nitrogen and oxygen atoms in total. The lowest BCUT2D eigenvalue weighted by molar-refractivity contribution is -0.130. The zero-order chi connectivity index (χ0) is 16.7. The van der Waals surface area contributed by atoms with E-state index in [0.717, 1.165) is 37.9 Å². The van der Waals surface area contributed by atoms with Gasteiger partial charge in [-0.25, -0.2) is 0 Å². The lowest BCUT2D eigenvalue weighted by Crippen LogP contribution is -2.48. The standard InChI is InChI=1S/C20H30N2O2/c23-19(21-12-7-15-22-13-5-2-6-14-22)20(10-16-24-17-11-20)18-8-3-1-4-9-18/h1,3-4,8-9H,2,5-7,10-17H2,(H,21,23). The van der Waals surface area contributed by atoms with Gasteiger partial charge in [-0.2, -0.15) is 0 Å². The second-order valence-electron chi connectivity index (χ2n) is 7.07. The molecular weight excluding hydrogens is 300 g/mol. The Morgan fingerprint density at radius 2 is 1.79 bits per heavy atom. The van der Waals surface area contributed by atoms with Gasteiger partial charge < -0.3 is 15.0 Å². The van der Waals surface area contributed by atoms with Crippen molar-refractivity contribution in [2.24, 2.45) is 0 Å². The molecule has 2 saturated heterocycles. The van der Waals surface area contributed by atoms with Gasteiger partial charge in [0.15, 0.2) is 0 Å². The van der Waals surface area contributed by atoms with Crippen LogP contribution in [0.15, 0.2) is 30.3 Å². The SMILES string of the molecule is O=C(NCCCN1CCCCC1)C1(c2ccccc2)CCOCC1. The number of hydrogen-bond donors (Lipinski definition) is 1. The summed E-state index contributed by atoms with van der Waals surface area (Å²) in [4.78, 5) is 15.5. The molecule has 0 spiro atoms. The van der Waals surface area contributed by atoms with Crippen LogP contribution in [0.3, 0.4) is 0 Å². The van der Waals surface area contributed by atoms with Crippen LogP contribution in [0.1, 0.15) is 44.1 Å². The second kappa shape index (κ2) is 8.63. The van der Waals surface area contributed by atoms with Crippen LogP contribution in [0.2, 0.25) is 0 Å². The van der Waals surface area contributed by atoms with Crippen molar-refractivity contribution in [2.45, 2.75) is 43.9 Å². The number of piperidine rings is 1. The maximum Gasteiger partial charge on any atom is 0.230 e. The molecule has 1 aromatic carbocycles. The van der Waals surface area contributed by atoms with E-state index in [1.165, 1.54) is 32.4 Å². The number of ether oxygens (including phenoxy) is 1. The van der Waals surface area contributed by atoms with Gasteiger partial charge in [-0.3, -0.25) is 4.79 Å². The number of hydrogen-bond acceptors (Lipinski definition) is 3. The molecule has 0 saturated carbocycles. The Hall–Kier alpha value is -1.39. The van der Waals surface area contributed by atoms with E-state index in [0.29, 0.717) is 13.2 Å². The van der Waals surface area contributed by atoms with E-state index in [2.05, 4.69) is 22.3 Å². The lowest BCUT2D eigenvalue weighted by atomic mass is 9.73. The smallest absolute Gasteiger partial charge is 0.230 e. The summed E-state index contributed by atoms with van der Waals surface area (Å²) in [6.07, 6.45) is 6.60. The largest absolute Gasteiger partial charge is 0.381 e. The third-order valence-corrected chi connectivity index (χ3v) is 5.49. The molecule has 1 aromatic rings. The Balaban J connectivity index is 1.54. The highest BCUT2D eigenvalue weighted by Crippen LogP contribution is 2.35. The molecule has 2 aliphatic rings. The van der Waals surface area contributed by atoms with Crippen molar-refractivity contribution in [2.75, 3.05) is 39.4 Å². The van der Waals surface area contributed by atoms with Crippen LogP contribution in [0, 0.1) is 0 Å². The van der Waals surface area contributed by atoms with Gasteiger partial charge in [0.25, 0.3) is 0 Å². The first-order valence-corrected chi connectivity index (χ1v) is 9.45. The molecule has 2 heterocycles. The third kappa shape index (κ3) is 4.17. The Morgan fingerprint density at radius 1 is 1.08 bits per heavy atom. The van der Waals surface area contributed by atoms with E-state index in [1.54, 1.807) is 0 Å². The number of likely N-dealkylation sites (tertiary alicyclic amines) is 1. The van der Waals surface area contributed by atoms with Gasteiger partial charge in [0, 0.05) is 19.8 Å². The predicted molar refractivity (Wildman–Crippen MR) is 96.1 cm³/mol. The molecule has 4 heteroatoms. The first-order valence-electron chi connectivity index (χ1n) is 9.45. The average Bonchev–Trinajstić information content (AvgIpc) is 2.67. The van der Waals surface area contributed by atoms with Crippen molar-refractivity contribution in [1.82, 2.24) is 10.2 Å². The monoisotopic (exact) mass is 330 g/mol. The van der Waals surface area contributed by atoms with Crippen molar-refractivity contribution in [3.05, 3.63) is 35.9 Å². The predicted octanol–water partition coefficient (Wildman–Crippen LogP) is 2.73. The van der Waals surface area contributed by atoms with E-state index in [1.807, 2.05) is 18.2 Å². The molecule has 0 aliphatic carbocycles. The van der Waals surface area contributed by atoms with Gasteiger partial charge in [-0.15, -0.1) is 0 Å². The summed E-state index contributed by atoms with van der Waals surface area (Å²) in [7, 11) is 0. The minimum atomic E-state index is -0.412. The number of nitrogens with zero attached hydrogens (tertiary/aromatic N) is 1. The molecule has 1 N–H and O–H groups in total. The van der Waals surface area contributed by atoms with Crippen LogP contribution in [0.4, 0.5) is 0 Å². The van der Waals surface area contributed by atoms with Gasteiger partial charge in [-0.05, 0) is 57.3 Å². The van der Waals surface area contributed by atoms with Crippen molar-refractivity contribution in [1.29, 1.82) is 0 Å². The highest BCUT2D eigenvalue weighted by Gasteiger charge is 2.41. The fourth-order valence-electron chi connectivity index (χ4n) is 3.98. The number of carbonyl (C=O) groups excluding carboxylic acids is 1. The summed E-state index contributed by atoms with van der Waals surface area (Å²) >= 11 is 0. The number of benzene rings is 1. The van der Waals surface area contributed by atoms with E-state index in [9.17, 15) is 4.79 Å². The van der Waals surface area contributed by atoms with Crippen LogP contribution in [-0.2, 0) is 14.9 Å². The molecule has 0 bridgehead atoms. The van der Waals surface area contributed by atoms with E-state index in [-0.39, 0.29) is 5.91 Å². The van der Waals surface area contributed by atoms with Gasteiger partial charge in [0.2, 0.25) is 5.91 Å². The lowest BCUT2D eigenvalue weighted by Gasteiger charge is -2.36. The van der Waals surface area contributed by atoms with Gasteiger partial charge in [-0.1, -0.05) is 36.8 Å². The summed E-state index contributed by atoms with van der Waals surface area (Å²) in [6, 6.07) is 10.2. The van der Waals surface area contributed by atoms with Crippen molar-refractivity contribution >= 4 is 5.91 Å². The van der Waals surface area contributed by atoms with Crippen LogP contribution in [0.5, 0.6) is 0 Å². The second-order valence-corrected chi connectivity index (χ2v) is 7.07.